The molecule has 0 atom stereocenters. The highest BCUT2D eigenvalue weighted by Crippen LogP contribution is 2.29. The van der Waals surface area contributed by atoms with E-state index in [-0.39, 0.29) is 4.90 Å². The normalized spacial score (nSPS) is 11.4. The number of hydrogen-bond donors (Lipinski definition) is 2. The van der Waals surface area contributed by atoms with Crippen LogP contribution in [-0.4, -0.2) is 18.4 Å². The smallest absolute Gasteiger partial charge is 0.238 e. The SMILES string of the molecule is Nc1cc(Sc2cnccn2)cc(S(N)(=O)=O)c1. The average molecular weight is 282 g/mol. The van der Waals surface area contributed by atoms with Crippen LogP contribution in [0.2, 0.25) is 0 Å². The van der Waals surface area contributed by atoms with Crippen LogP contribution in [0.3, 0.4) is 0 Å². The first-order valence-electron chi connectivity index (χ1n) is 4.82. The van der Waals surface area contributed by atoms with Gasteiger partial charge in [-0.1, -0.05) is 11.8 Å². The van der Waals surface area contributed by atoms with E-state index in [1.807, 2.05) is 0 Å². The summed E-state index contributed by atoms with van der Waals surface area (Å²) >= 11 is 1.26. The maximum Gasteiger partial charge on any atom is 0.238 e. The third kappa shape index (κ3) is 3.19. The molecule has 0 aliphatic rings. The molecule has 0 amide bonds. The van der Waals surface area contributed by atoms with Crippen molar-refractivity contribution >= 4 is 27.5 Å². The topological polar surface area (TPSA) is 112 Å². The Hall–Kier alpha value is -1.64. The fourth-order valence-corrected chi connectivity index (χ4v) is 2.79. The molecule has 2 rings (SSSR count). The van der Waals surface area contributed by atoms with Gasteiger partial charge in [0.25, 0.3) is 0 Å². The first-order valence-corrected chi connectivity index (χ1v) is 7.19. The molecule has 8 heteroatoms. The van der Waals surface area contributed by atoms with Gasteiger partial charge in [-0.15, -0.1) is 0 Å². The van der Waals surface area contributed by atoms with E-state index in [4.69, 9.17) is 10.9 Å². The molecule has 0 unspecified atom stereocenters. The van der Waals surface area contributed by atoms with Gasteiger partial charge < -0.3 is 5.73 Å². The highest BCUT2D eigenvalue weighted by atomic mass is 32.2. The summed E-state index contributed by atoms with van der Waals surface area (Å²) in [5.41, 5.74) is 5.97. The van der Waals surface area contributed by atoms with E-state index >= 15 is 0 Å². The van der Waals surface area contributed by atoms with Crippen molar-refractivity contribution in [2.45, 2.75) is 14.8 Å². The largest absolute Gasteiger partial charge is 0.399 e. The van der Waals surface area contributed by atoms with E-state index in [2.05, 4.69) is 9.97 Å². The molecule has 0 fully saturated rings. The second kappa shape index (κ2) is 4.92. The Morgan fingerprint density at radius 2 is 1.94 bits per heavy atom. The highest BCUT2D eigenvalue weighted by Gasteiger charge is 2.10. The molecule has 0 aliphatic heterocycles. The number of aromatic nitrogens is 2. The van der Waals surface area contributed by atoms with Crippen LogP contribution in [-0.2, 0) is 10.0 Å². The van der Waals surface area contributed by atoms with Crippen LogP contribution in [0.15, 0.2) is 51.6 Å². The lowest BCUT2D eigenvalue weighted by Gasteiger charge is -2.05. The lowest BCUT2D eigenvalue weighted by Crippen LogP contribution is -2.12. The van der Waals surface area contributed by atoms with Crippen molar-refractivity contribution in [2.75, 3.05) is 5.73 Å². The van der Waals surface area contributed by atoms with Gasteiger partial charge in [-0.25, -0.2) is 18.5 Å². The molecule has 18 heavy (non-hydrogen) atoms. The standard InChI is InChI=1S/C10H10N4O2S2/c11-7-3-8(5-9(4-7)18(12,15)16)17-10-6-13-1-2-14-10/h1-6H,11H2,(H2,12,15,16). The second-order valence-electron chi connectivity index (χ2n) is 3.43. The molecular weight excluding hydrogens is 272 g/mol. The van der Waals surface area contributed by atoms with Crippen LogP contribution < -0.4 is 10.9 Å². The van der Waals surface area contributed by atoms with Gasteiger partial charge in [0.15, 0.2) is 0 Å². The maximum absolute atomic E-state index is 11.3. The monoisotopic (exact) mass is 282 g/mol. The van der Waals surface area contributed by atoms with Crippen molar-refractivity contribution in [1.29, 1.82) is 0 Å². The fourth-order valence-electron chi connectivity index (χ4n) is 1.28. The number of primary sulfonamides is 1. The van der Waals surface area contributed by atoms with E-state index in [1.165, 1.54) is 23.9 Å². The molecule has 1 aromatic heterocycles. The van der Waals surface area contributed by atoms with Crippen molar-refractivity contribution < 1.29 is 8.42 Å². The molecule has 94 valence electrons. The van der Waals surface area contributed by atoms with Crippen molar-refractivity contribution in [3.8, 4) is 0 Å². The van der Waals surface area contributed by atoms with Crippen LogP contribution in [0.25, 0.3) is 0 Å². The summed E-state index contributed by atoms with van der Waals surface area (Å²) in [5, 5.41) is 5.71. The second-order valence-corrected chi connectivity index (χ2v) is 6.08. The molecule has 1 heterocycles. The molecule has 4 N–H and O–H groups in total. The van der Waals surface area contributed by atoms with Crippen LogP contribution in [0.4, 0.5) is 5.69 Å². The summed E-state index contributed by atoms with van der Waals surface area (Å²) in [6.07, 6.45) is 4.68. The molecule has 0 aliphatic carbocycles. The average Bonchev–Trinajstić information content (AvgIpc) is 2.28. The van der Waals surface area contributed by atoms with Crippen LogP contribution in [0.1, 0.15) is 0 Å². The maximum atomic E-state index is 11.3. The molecule has 0 spiro atoms. The summed E-state index contributed by atoms with van der Waals surface area (Å²) in [6.45, 7) is 0. The first kappa shape index (κ1) is 12.8. The van der Waals surface area contributed by atoms with Gasteiger partial charge in [-0.05, 0) is 18.2 Å². The Balaban J connectivity index is 2.38. The van der Waals surface area contributed by atoms with Crippen molar-refractivity contribution in [1.82, 2.24) is 9.97 Å². The Bertz CT molecular complexity index is 659. The number of nitrogen functional groups attached to an aromatic ring is 1. The number of rotatable bonds is 3. The number of hydrogen-bond acceptors (Lipinski definition) is 6. The Kier molecular flexibility index (Phi) is 3.50. The van der Waals surface area contributed by atoms with E-state index in [1.54, 1.807) is 24.7 Å². The zero-order chi connectivity index (χ0) is 13.2. The van der Waals surface area contributed by atoms with E-state index in [0.717, 1.165) is 0 Å². The van der Waals surface area contributed by atoms with Crippen LogP contribution in [0, 0.1) is 0 Å². The fraction of sp³-hybridized carbons (Fsp3) is 0. The number of sulfonamides is 1. The number of nitrogens with zero attached hydrogens (tertiary/aromatic N) is 2. The summed E-state index contributed by atoms with van der Waals surface area (Å²) in [7, 11) is -3.77. The quantitative estimate of drug-likeness (QED) is 0.807. The Morgan fingerprint density at radius 1 is 1.17 bits per heavy atom. The van der Waals surface area contributed by atoms with E-state index < -0.39 is 10.0 Å². The Labute approximate surface area is 108 Å². The molecule has 2 aromatic rings. The first-order chi connectivity index (χ1) is 8.45. The van der Waals surface area contributed by atoms with Crippen molar-refractivity contribution in [2.24, 2.45) is 5.14 Å². The number of anilines is 1. The summed E-state index contributed by atoms with van der Waals surface area (Å²) in [4.78, 5) is 8.61. The lowest BCUT2D eigenvalue weighted by molar-refractivity contribution is 0.597. The van der Waals surface area contributed by atoms with Gasteiger partial charge in [0.05, 0.1) is 11.1 Å². The molecular formula is C10H10N4O2S2. The third-order valence-electron chi connectivity index (χ3n) is 1.99. The molecule has 0 saturated carbocycles. The molecule has 1 aromatic carbocycles. The van der Waals surface area contributed by atoms with E-state index in [0.29, 0.717) is 15.6 Å². The summed E-state index contributed by atoms with van der Waals surface area (Å²) in [5.74, 6) is 0. The number of benzene rings is 1. The predicted molar refractivity (Wildman–Crippen MR) is 68.4 cm³/mol. The zero-order valence-electron chi connectivity index (χ0n) is 9.15. The van der Waals surface area contributed by atoms with Gasteiger partial charge in [-0.3, -0.25) is 4.98 Å². The van der Waals surface area contributed by atoms with Crippen molar-refractivity contribution in [3.05, 3.63) is 36.8 Å². The molecule has 0 radical (unpaired) electrons. The minimum absolute atomic E-state index is 0.0195. The minimum Gasteiger partial charge on any atom is -0.399 e. The highest BCUT2D eigenvalue weighted by molar-refractivity contribution is 7.99. The van der Waals surface area contributed by atoms with Crippen molar-refractivity contribution in [3.63, 3.8) is 0 Å². The van der Waals surface area contributed by atoms with E-state index in [9.17, 15) is 8.42 Å². The van der Waals surface area contributed by atoms with Crippen LogP contribution in [0.5, 0.6) is 0 Å². The molecule has 0 bridgehead atoms. The molecule has 0 saturated heterocycles. The molecule has 6 nitrogen and oxygen atoms in total. The van der Waals surface area contributed by atoms with Gasteiger partial charge >= 0.3 is 0 Å². The van der Waals surface area contributed by atoms with Gasteiger partial charge in [0, 0.05) is 23.0 Å². The zero-order valence-corrected chi connectivity index (χ0v) is 10.8. The number of nitrogens with two attached hydrogens (primary N) is 2. The lowest BCUT2D eigenvalue weighted by atomic mass is 10.3. The Morgan fingerprint density at radius 3 is 2.56 bits per heavy atom. The summed E-state index contributed by atoms with van der Waals surface area (Å²) < 4.78 is 22.5. The predicted octanol–water partition coefficient (Wildman–Crippen LogP) is 0.857. The summed E-state index contributed by atoms with van der Waals surface area (Å²) in [6, 6.07) is 4.41. The third-order valence-corrected chi connectivity index (χ3v) is 3.78. The van der Waals surface area contributed by atoms with Gasteiger partial charge in [-0.2, -0.15) is 0 Å². The van der Waals surface area contributed by atoms with Gasteiger partial charge in [0.2, 0.25) is 10.0 Å². The van der Waals surface area contributed by atoms with Crippen LogP contribution >= 0.6 is 11.8 Å². The minimum atomic E-state index is -3.77. The van der Waals surface area contributed by atoms with Gasteiger partial charge in [0.1, 0.15) is 5.03 Å².